The minimum absolute atomic E-state index is 0. The van der Waals surface area contributed by atoms with Gasteiger partial charge in [-0.2, -0.15) is 26.3 Å². The number of esters is 1. The van der Waals surface area contributed by atoms with E-state index < -0.39 is 41.7 Å². The third-order valence-electron chi connectivity index (χ3n) is 10.7. The number of rotatable bonds is 22. The Hall–Kier alpha value is -3.14. The predicted octanol–water partition coefficient (Wildman–Crippen LogP) is 11.6. The highest BCUT2D eigenvalue weighted by atomic mass is 35.5. The van der Waals surface area contributed by atoms with E-state index in [0.29, 0.717) is 69.1 Å². The van der Waals surface area contributed by atoms with Gasteiger partial charge in [-0.25, -0.2) is 0 Å². The molecule has 2 aromatic carbocycles. The SMILES string of the molecule is C.CCCOC(=O)CCC/C=C\C[C@@H]1[C@@H](COCc2cccc(C(F)(F)F)c2)[C@H](O)C[C@H]1Cl.O=C(O)CCC/C=C\C[C@@H]1[C@@H](COCc2cccc(C(F)(F)F)c2)[C@H](O)C[C@H]1Cl. The molecule has 2 aromatic rings. The number of carboxylic acids is 1. The van der Waals surface area contributed by atoms with Gasteiger partial charge in [-0.15, -0.1) is 23.2 Å². The zero-order valence-electron chi connectivity index (χ0n) is 34.3. The third-order valence-corrected chi connectivity index (χ3v) is 11.8. The number of unbranched alkanes of at least 4 members (excludes halogenated alkanes) is 2. The van der Waals surface area contributed by atoms with Crippen LogP contribution in [0.5, 0.6) is 0 Å². The molecule has 2 saturated carbocycles. The molecule has 0 spiro atoms. The number of aliphatic hydroxyl groups excluding tert-OH is 2. The maximum absolute atomic E-state index is 12.8. The smallest absolute Gasteiger partial charge is 0.416 e. The zero-order valence-corrected chi connectivity index (χ0v) is 35.8. The minimum atomic E-state index is -4.40. The summed E-state index contributed by atoms with van der Waals surface area (Å²) >= 11 is 12.8. The largest absolute Gasteiger partial charge is 0.481 e. The van der Waals surface area contributed by atoms with E-state index >= 15 is 0 Å². The number of carbonyl (C=O) groups excluding carboxylic acids is 1. The van der Waals surface area contributed by atoms with Crippen molar-refractivity contribution >= 4 is 35.1 Å². The summed E-state index contributed by atoms with van der Waals surface area (Å²) in [5.74, 6) is -1.39. The lowest BCUT2D eigenvalue weighted by Crippen LogP contribution is -2.25. The number of benzene rings is 2. The molecular formula is C46H62Cl2F6O8. The molecule has 3 N–H and O–H groups in total. The van der Waals surface area contributed by atoms with Gasteiger partial charge in [0, 0.05) is 35.4 Å². The van der Waals surface area contributed by atoms with Crippen molar-refractivity contribution in [1.82, 2.24) is 0 Å². The van der Waals surface area contributed by atoms with Gasteiger partial charge in [0.2, 0.25) is 0 Å². The summed E-state index contributed by atoms with van der Waals surface area (Å²) in [6, 6.07) is 10.0. The molecule has 2 fully saturated rings. The standard InChI is InChI=1S/C24H32ClF3O4.C21H26ClF3O4.CH4/c1-2-12-32-23(30)11-6-4-3-5-10-19-20(22(29)14-21(19)25)16-31-15-17-8-7-9-18(13-17)24(26,27)28;22-18-11-19(26)17(16(18)8-3-1-2-4-9-20(27)28)13-29-12-14-6-5-7-15(10-14)21(23,24)25;/h3,5,7-9,13,19-22,29H,2,4,6,10-12,14-16H2,1H3;1,3,5-7,10,16-19,26H,2,4,8-9,11-13H2,(H,27,28);1H4/b5-3-;3-1-;/t19-,20-,21-,22-;16-,17-,18-,19-;/m11./s1. The Morgan fingerprint density at radius 3 is 1.55 bits per heavy atom. The second-order valence-corrected chi connectivity index (χ2v) is 16.7. The summed E-state index contributed by atoms with van der Waals surface area (Å²) in [6.07, 6.45) is 4.05. The van der Waals surface area contributed by atoms with Crippen LogP contribution in [0.4, 0.5) is 26.3 Å². The van der Waals surface area contributed by atoms with Gasteiger partial charge < -0.3 is 29.5 Å². The van der Waals surface area contributed by atoms with Crippen LogP contribution in [-0.2, 0) is 49.4 Å². The molecular weight excluding hydrogens is 865 g/mol. The molecule has 2 aliphatic carbocycles. The van der Waals surface area contributed by atoms with Crippen molar-refractivity contribution in [1.29, 1.82) is 0 Å². The first-order chi connectivity index (χ1) is 28.9. The number of hydrogen-bond acceptors (Lipinski definition) is 7. The number of alkyl halides is 8. The van der Waals surface area contributed by atoms with Gasteiger partial charge >= 0.3 is 24.3 Å². The molecule has 0 aromatic heterocycles. The molecule has 2 aliphatic rings. The Morgan fingerprint density at radius 2 is 1.15 bits per heavy atom. The number of allylic oxidation sites excluding steroid dienone is 4. The van der Waals surface area contributed by atoms with Crippen molar-refractivity contribution in [3.63, 3.8) is 0 Å². The average Bonchev–Trinajstić information content (AvgIpc) is 3.62. The van der Waals surface area contributed by atoms with Crippen LogP contribution in [0.25, 0.3) is 0 Å². The van der Waals surface area contributed by atoms with Crippen LogP contribution in [0.15, 0.2) is 72.8 Å². The lowest BCUT2D eigenvalue weighted by Gasteiger charge is -2.22. The predicted molar refractivity (Wildman–Crippen MR) is 228 cm³/mol. The Labute approximate surface area is 371 Å². The molecule has 4 rings (SSSR count). The van der Waals surface area contributed by atoms with Crippen LogP contribution in [-0.4, -0.2) is 70.0 Å². The van der Waals surface area contributed by atoms with Crippen molar-refractivity contribution in [2.75, 3.05) is 19.8 Å². The van der Waals surface area contributed by atoms with Gasteiger partial charge in [-0.05, 0) is 105 Å². The summed E-state index contributed by atoms with van der Waals surface area (Å²) in [7, 11) is 0. The van der Waals surface area contributed by atoms with E-state index in [-0.39, 0.29) is 80.7 Å². The van der Waals surface area contributed by atoms with E-state index in [2.05, 4.69) is 0 Å². The minimum Gasteiger partial charge on any atom is -0.481 e. The number of halogens is 8. The highest BCUT2D eigenvalue weighted by molar-refractivity contribution is 6.21. The normalized spacial score (nSPS) is 23.9. The van der Waals surface area contributed by atoms with E-state index in [1.807, 2.05) is 31.2 Å². The van der Waals surface area contributed by atoms with Crippen LogP contribution in [0.3, 0.4) is 0 Å². The van der Waals surface area contributed by atoms with Crippen LogP contribution >= 0.6 is 23.2 Å². The number of aliphatic hydroxyl groups is 2. The first-order valence-corrected chi connectivity index (χ1v) is 21.6. The molecule has 0 unspecified atom stereocenters. The first-order valence-electron chi connectivity index (χ1n) is 20.7. The lowest BCUT2D eigenvalue weighted by atomic mass is 9.92. The molecule has 0 aliphatic heterocycles. The molecule has 0 amide bonds. The van der Waals surface area contributed by atoms with Crippen molar-refractivity contribution in [2.45, 2.75) is 134 Å². The van der Waals surface area contributed by atoms with Crippen LogP contribution in [0, 0.1) is 23.7 Å². The van der Waals surface area contributed by atoms with Crippen LogP contribution in [0.1, 0.15) is 107 Å². The maximum atomic E-state index is 12.8. The van der Waals surface area contributed by atoms with Crippen LogP contribution < -0.4 is 0 Å². The second kappa shape index (κ2) is 27.9. The number of carboxylic acid groups (broad SMARTS) is 1. The van der Waals surface area contributed by atoms with Crippen molar-refractivity contribution in [3.8, 4) is 0 Å². The quantitative estimate of drug-likeness (QED) is 0.0351. The van der Waals surface area contributed by atoms with E-state index in [1.165, 1.54) is 12.1 Å². The zero-order chi connectivity index (χ0) is 45.0. The Bertz CT molecular complexity index is 1670. The number of hydrogen-bond donors (Lipinski definition) is 3. The summed E-state index contributed by atoms with van der Waals surface area (Å²) in [6.45, 7) is 2.89. The molecule has 8 nitrogen and oxygen atoms in total. The first kappa shape index (κ1) is 55.0. The topological polar surface area (TPSA) is 123 Å². The molecule has 350 valence electrons. The molecule has 0 radical (unpaired) electrons. The van der Waals surface area contributed by atoms with E-state index in [0.717, 1.165) is 37.1 Å². The number of carbonyl (C=O) groups is 2. The molecule has 62 heavy (non-hydrogen) atoms. The van der Waals surface area contributed by atoms with Gasteiger partial charge in [0.25, 0.3) is 0 Å². The van der Waals surface area contributed by atoms with Gasteiger partial charge in [0.15, 0.2) is 0 Å². The van der Waals surface area contributed by atoms with E-state index in [1.54, 1.807) is 12.1 Å². The van der Waals surface area contributed by atoms with Crippen LogP contribution in [0.2, 0.25) is 0 Å². The molecule has 0 bridgehead atoms. The summed E-state index contributed by atoms with van der Waals surface area (Å²) in [5.41, 5.74) is -0.568. The number of aliphatic carboxylic acids is 1. The lowest BCUT2D eigenvalue weighted by molar-refractivity contribution is -0.144. The third kappa shape index (κ3) is 19.7. The summed E-state index contributed by atoms with van der Waals surface area (Å²) in [4.78, 5) is 22.0. The fourth-order valence-corrected chi connectivity index (χ4v) is 8.39. The van der Waals surface area contributed by atoms with E-state index in [4.69, 9.17) is 42.5 Å². The van der Waals surface area contributed by atoms with Gasteiger partial charge in [-0.3, -0.25) is 9.59 Å². The molecule has 0 saturated heterocycles. The van der Waals surface area contributed by atoms with Gasteiger partial charge in [0.05, 0.1) is 56.4 Å². The molecule has 8 atom stereocenters. The van der Waals surface area contributed by atoms with E-state index in [9.17, 15) is 46.1 Å². The van der Waals surface area contributed by atoms with Gasteiger partial charge in [0.1, 0.15) is 0 Å². The monoisotopic (exact) mass is 926 g/mol. The van der Waals surface area contributed by atoms with Crippen molar-refractivity contribution in [3.05, 3.63) is 95.1 Å². The highest BCUT2D eigenvalue weighted by Crippen LogP contribution is 2.40. The van der Waals surface area contributed by atoms with Crippen molar-refractivity contribution in [2.24, 2.45) is 23.7 Å². The summed E-state index contributed by atoms with van der Waals surface area (Å²) < 4.78 is 93.2. The summed E-state index contributed by atoms with van der Waals surface area (Å²) in [5, 5.41) is 28.9. The Kier molecular flexibility index (Phi) is 24.8. The maximum Gasteiger partial charge on any atom is 0.416 e. The van der Waals surface area contributed by atoms with Crippen molar-refractivity contribution < 1.29 is 65.5 Å². The molecule has 16 heteroatoms. The fourth-order valence-electron chi connectivity index (χ4n) is 7.45. The number of ether oxygens (including phenoxy) is 3. The van der Waals surface area contributed by atoms with Gasteiger partial charge in [-0.1, -0.05) is 62.9 Å². The fraction of sp³-hybridized carbons (Fsp3) is 0.609. The Morgan fingerprint density at radius 1 is 0.710 bits per heavy atom. The highest BCUT2D eigenvalue weighted by Gasteiger charge is 2.42. The average molecular weight is 928 g/mol. The second-order valence-electron chi connectivity index (χ2n) is 15.5. The molecule has 0 heterocycles. The Balaban J connectivity index is 0.000000422.